The smallest absolute Gasteiger partial charge is 0.217 e. The summed E-state index contributed by atoms with van der Waals surface area (Å²) in [5, 5.41) is 15.0. The Kier molecular flexibility index (Phi) is 3.26. The van der Waals surface area contributed by atoms with E-state index >= 15 is 0 Å². The summed E-state index contributed by atoms with van der Waals surface area (Å²) in [4.78, 5) is 0. The van der Waals surface area contributed by atoms with Crippen molar-refractivity contribution in [2.75, 3.05) is 0 Å². The fraction of sp³-hybridized carbons (Fsp3) is 0.167. The minimum atomic E-state index is 0.192. The fourth-order valence-electron chi connectivity index (χ4n) is 2.49. The first kappa shape index (κ1) is 13.4. The van der Waals surface area contributed by atoms with E-state index in [1.54, 1.807) is 4.68 Å². The molecule has 1 N–H and O–H groups in total. The largest absolute Gasteiger partial charge is 0.493 e. The molecular formula is C18H18N2O. The minimum absolute atomic E-state index is 0.192. The van der Waals surface area contributed by atoms with E-state index in [1.165, 1.54) is 5.56 Å². The molecule has 0 aliphatic carbocycles. The van der Waals surface area contributed by atoms with Crippen molar-refractivity contribution in [3.05, 3.63) is 65.2 Å². The number of aromatic hydroxyl groups is 1. The molecule has 0 saturated carbocycles. The van der Waals surface area contributed by atoms with Crippen LogP contribution in [0.5, 0.6) is 5.88 Å². The van der Waals surface area contributed by atoms with Crippen LogP contribution in [0.25, 0.3) is 16.9 Å². The number of aromatic nitrogens is 2. The molecule has 0 radical (unpaired) electrons. The molecule has 0 unspecified atom stereocenters. The van der Waals surface area contributed by atoms with Crippen LogP contribution in [0.4, 0.5) is 0 Å². The van der Waals surface area contributed by atoms with Gasteiger partial charge in [-0.3, -0.25) is 0 Å². The average Bonchev–Trinajstić information content (AvgIpc) is 2.75. The van der Waals surface area contributed by atoms with Crippen LogP contribution in [-0.2, 0) is 0 Å². The lowest BCUT2D eigenvalue weighted by atomic mass is 10.1. The van der Waals surface area contributed by atoms with Crippen molar-refractivity contribution in [1.29, 1.82) is 0 Å². The number of benzene rings is 2. The van der Waals surface area contributed by atoms with Crippen LogP contribution in [0.2, 0.25) is 0 Å². The molecule has 0 aliphatic heterocycles. The molecular weight excluding hydrogens is 260 g/mol. The van der Waals surface area contributed by atoms with Crippen molar-refractivity contribution in [1.82, 2.24) is 9.78 Å². The van der Waals surface area contributed by atoms with Gasteiger partial charge in [0, 0.05) is 11.1 Å². The maximum atomic E-state index is 10.4. The minimum Gasteiger partial charge on any atom is -0.493 e. The van der Waals surface area contributed by atoms with Crippen LogP contribution < -0.4 is 0 Å². The highest BCUT2D eigenvalue weighted by Crippen LogP contribution is 2.31. The average molecular weight is 278 g/mol. The van der Waals surface area contributed by atoms with Gasteiger partial charge in [0.15, 0.2) is 0 Å². The SMILES string of the molecule is Cc1cccc(-c2nn(-c3cccc(C)c3)c(O)c2C)c1. The zero-order chi connectivity index (χ0) is 15.0. The standard InChI is InChI=1S/C18H18N2O/c1-12-6-4-8-15(10-12)17-14(3)18(21)20(19-17)16-9-5-7-13(2)11-16/h4-11,21H,1-3H3. The van der Waals surface area contributed by atoms with Crippen LogP contribution in [0, 0.1) is 20.8 Å². The lowest BCUT2D eigenvalue weighted by Crippen LogP contribution is -1.96. The van der Waals surface area contributed by atoms with E-state index in [1.807, 2.05) is 50.2 Å². The summed E-state index contributed by atoms with van der Waals surface area (Å²) in [5.41, 5.74) is 5.82. The molecule has 0 spiro atoms. The normalized spacial score (nSPS) is 10.8. The van der Waals surface area contributed by atoms with E-state index in [-0.39, 0.29) is 5.88 Å². The Balaban J connectivity index is 2.16. The van der Waals surface area contributed by atoms with Gasteiger partial charge in [0.2, 0.25) is 5.88 Å². The molecule has 0 atom stereocenters. The Labute approximate surface area is 124 Å². The third kappa shape index (κ3) is 2.42. The Morgan fingerprint density at radius 3 is 2.24 bits per heavy atom. The van der Waals surface area contributed by atoms with Crippen LogP contribution in [0.3, 0.4) is 0 Å². The Hall–Kier alpha value is -2.55. The van der Waals surface area contributed by atoms with Crippen LogP contribution in [0.15, 0.2) is 48.5 Å². The number of nitrogens with zero attached hydrogens (tertiary/aromatic N) is 2. The molecule has 3 aromatic rings. The lowest BCUT2D eigenvalue weighted by molar-refractivity contribution is 0.430. The molecule has 1 heterocycles. The highest BCUT2D eigenvalue weighted by Gasteiger charge is 2.16. The maximum Gasteiger partial charge on any atom is 0.217 e. The second-order valence-electron chi connectivity index (χ2n) is 5.42. The van der Waals surface area contributed by atoms with Gasteiger partial charge in [-0.25, -0.2) is 4.68 Å². The summed E-state index contributed by atoms with van der Waals surface area (Å²) in [7, 11) is 0. The number of hydrogen-bond donors (Lipinski definition) is 1. The van der Waals surface area contributed by atoms with Crippen molar-refractivity contribution in [3.63, 3.8) is 0 Å². The summed E-state index contributed by atoms with van der Waals surface area (Å²) in [6, 6.07) is 16.1. The molecule has 0 aliphatic rings. The quantitative estimate of drug-likeness (QED) is 0.764. The monoisotopic (exact) mass is 278 g/mol. The van der Waals surface area contributed by atoms with Crippen LogP contribution in [0.1, 0.15) is 16.7 Å². The summed E-state index contributed by atoms with van der Waals surface area (Å²) >= 11 is 0. The lowest BCUT2D eigenvalue weighted by Gasteiger charge is -2.03. The Morgan fingerprint density at radius 2 is 1.57 bits per heavy atom. The second kappa shape index (κ2) is 5.09. The van der Waals surface area contributed by atoms with E-state index in [0.717, 1.165) is 28.1 Å². The van der Waals surface area contributed by atoms with Gasteiger partial charge in [-0.1, -0.05) is 35.9 Å². The summed E-state index contributed by atoms with van der Waals surface area (Å²) in [6.07, 6.45) is 0. The van der Waals surface area contributed by atoms with Gasteiger partial charge in [-0.15, -0.1) is 0 Å². The van der Waals surface area contributed by atoms with Gasteiger partial charge in [-0.2, -0.15) is 5.10 Å². The predicted octanol–water partition coefficient (Wildman–Crippen LogP) is 4.17. The molecule has 3 rings (SSSR count). The van der Waals surface area contributed by atoms with Gasteiger partial charge in [-0.05, 0) is 44.5 Å². The molecule has 0 fully saturated rings. The molecule has 106 valence electrons. The van der Waals surface area contributed by atoms with Gasteiger partial charge in [0.05, 0.1) is 11.4 Å². The van der Waals surface area contributed by atoms with Gasteiger partial charge >= 0.3 is 0 Å². The number of rotatable bonds is 2. The van der Waals surface area contributed by atoms with E-state index < -0.39 is 0 Å². The Bertz CT molecular complexity index is 737. The van der Waals surface area contributed by atoms with Crippen molar-refractivity contribution < 1.29 is 5.11 Å². The highest BCUT2D eigenvalue weighted by atomic mass is 16.3. The predicted molar refractivity (Wildman–Crippen MR) is 84.9 cm³/mol. The summed E-state index contributed by atoms with van der Waals surface area (Å²) in [6.45, 7) is 5.97. The summed E-state index contributed by atoms with van der Waals surface area (Å²) < 4.78 is 1.60. The van der Waals surface area contributed by atoms with E-state index in [4.69, 9.17) is 0 Å². The van der Waals surface area contributed by atoms with Crippen molar-refractivity contribution in [2.24, 2.45) is 0 Å². The fourth-order valence-corrected chi connectivity index (χ4v) is 2.49. The van der Waals surface area contributed by atoms with Crippen LogP contribution in [-0.4, -0.2) is 14.9 Å². The van der Waals surface area contributed by atoms with Crippen molar-refractivity contribution >= 4 is 0 Å². The molecule has 1 aromatic heterocycles. The molecule has 2 aromatic carbocycles. The first-order valence-electron chi connectivity index (χ1n) is 6.99. The van der Waals surface area contributed by atoms with Gasteiger partial charge in [0.1, 0.15) is 0 Å². The zero-order valence-electron chi connectivity index (χ0n) is 12.5. The third-order valence-electron chi connectivity index (χ3n) is 3.63. The molecule has 21 heavy (non-hydrogen) atoms. The first-order chi connectivity index (χ1) is 10.1. The van der Waals surface area contributed by atoms with E-state index in [2.05, 4.69) is 24.2 Å². The molecule has 3 nitrogen and oxygen atoms in total. The molecule has 3 heteroatoms. The Morgan fingerprint density at radius 1 is 0.905 bits per heavy atom. The first-order valence-corrected chi connectivity index (χ1v) is 6.99. The van der Waals surface area contributed by atoms with E-state index in [9.17, 15) is 5.11 Å². The third-order valence-corrected chi connectivity index (χ3v) is 3.63. The van der Waals surface area contributed by atoms with E-state index in [0.29, 0.717) is 0 Å². The van der Waals surface area contributed by atoms with Gasteiger partial charge in [0.25, 0.3) is 0 Å². The van der Waals surface area contributed by atoms with Crippen molar-refractivity contribution in [3.8, 4) is 22.8 Å². The van der Waals surface area contributed by atoms with Gasteiger partial charge < -0.3 is 5.11 Å². The number of hydrogen-bond acceptors (Lipinski definition) is 2. The molecule has 0 amide bonds. The number of aryl methyl sites for hydroxylation is 2. The summed E-state index contributed by atoms with van der Waals surface area (Å²) in [5.74, 6) is 0.192. The van der Waals surface area contributed by atoms with Crippen molar-refractivity contribution in [2.45, 2.75) is 20.8 Å². The highest BCUT2D eigenvalue weighted by molar-refractivity contribution is 5.66. The second-order valence-corrected chi connectivity index (χ2v) is 5.42. The zero-order valence-corrected chi connectivity index (χ0v) is 12.5. The topological polar surface area (TPSA) is 38.0 Å². The molecule has 0 saturated heterocycles. The maximum absolute atomic E-state index is 10.4. The van der Waals surface area contributed by atoms with Crippen LogP contribution >= 0.6 is 0 Å². The molecule has 0 bridgehead atoms.